The summed E-state index contributed by atoms with van der Waals surface area (Å²) in [6, 6.07) is 3.22. The van der Waals surface area contributed by atoms with Crippen molar-refractivity contribution in [2.45, 2.75) is 18.8 Å². The molecule has 0 saturated carbocycles. The van der Waals surface area contributed by atoms with Crippen molar-refractivity contribution >= 4 is 24.3 Å². The van der Waals surface area contributed by atoms with E-state index in [1.54, 1.807) is 31.0 Å². The quantitative estimate of drug-likeness (QED) is 0.681. The molecule has 3 rings (SSSR count). The number of piperidine rings is 1. The third-order valence-electron chi connectivity index (χ3n) is 4.24. The maximum atomic E-state index is 12.5. The van der Waals surface area contributed by atoms with Crippen LogP contribution < -0.4 is 15.4 Å². The van der Waals surface area contributed by atoms with Gasteiger partial charge in [0, 0.05) is 37.9 Å². The van der Waals surface area contributed by atoms with E-state index in [1.165, 1.54) is 6.20 Å². The minimum Gasteiger partial charge on any atom is -0.475 e. The van der Waals surface area contributed by atoms with Gasteiger partial charge in [0.2, 0.25) is 11.8 Å². The Morgan fingerprint density at radius 3 is 2.89 bits per heavy atom. The van der Waals surface area contributed by atoms with Crippen molar-refractivity contribution < 1.29 is 14.3 Å². The molecule has 9 nitrogen and oxygen atoms in total. The van der Waals surface area contributed by atoms with Gasteiger partial charge in [-0.15, -0.1) is 12.4 Å². The first-order chi connectivity index (χ1) is 12.7. The van der Waals surface area contributed by atoms with E-state index >= 15 is 0 Å². The van der Waals surface area contributed by atoms with E-state index in [1.807, 2.05) is 0 Å². The summed E-state index contributed by atoms with van der Waals surface area (Å²) in [6.45, 7) is 2.76. The summed E-state index contributed by atoms with van der Waals surface area (Å²) < 4.78 is 12.0. The largest absolute Gasteiger partial charge is 0.475 e. The Labute approximate surface area is 164 Å². The Hall–Kier alpha value is -2.23. The van der Waals surface area contributed by atoms with E-state index in [2.05, 4.69) is 25.7 Å². The van der Waals surface area contributed by atoms with Gasteiger partial charge in [-0.3, -0.25) is 10.1 Å². The third kappa shape index (κ3) is 5.62. The molecule has 2 aromatic heterocycles. The number of carbonyl (C=O) groups is 1. The van der Waals surface area contributed by atoms with E-state index in [-0.39, 0.29) is 18.3 Å². The van der Waals surface area contributed by atoms with Crippen LogP contribution in [0.2, 0.25) is 0 Å². The van der Waals surface area contributed by atoms with Gasteiger partial charge < -0.3 is 14.8 Å². The minimum atomic E-state index is -0.281. The van der Waals surface area contributed by atoms with E-state index in [0.717, 1.165) is 31.8 Å². The fourth-order valence-corrected chi connectivity index (χ4v) is 2.80. The standard InChI is InChI=1S/C17H24N6O3.ClH/c1-23-17(20-15(22-23)12-3-6-18-7-4-12)21-16(24)13-5-8-19-14(11-13)26-10-9-25-2;/h5,8,11-12,18H,3-4,6-7,9-10H2,1-2H3,(H,20,21,22,24);1H. The Morgan fingerprint density at radius 1 is 1.37 bits per heavy atom. The number of aromatic nitrogens is 4. The lowest BCUT2D eigenvalue weighted by Gasteiger charge is -2.19. The SMILES string of the molecule is COCCOc1cc(C(=O)Nc2nc(C3CCNCC3)nn2C)ccn1.Cl. The smallest absolute Gasteiger partial charge is 0.258 e. The van der Waals surface area contributed by atoms with E-state index in [9.17, 15) is 4.79 Å². The number of pyridine rings is 1. The van der Waals surface area contributed by atoms with Gasteiger partial charge >= 0.3 is 0 Å². The number of rotatable bonds is 7. The molecule has 0 radical (unpaired) electrons. The number of hydrogen-bond acceptors (Lipinski definition) is 7. The van der Waals surface area contributed by atoms with Crippen molar-refractivity contribution in [2.24, 2.45) is 7.05 Å². The van der Waals surface area contributed by atoms with Crippen molar-refractivity contribution in [1.29, 1.82) is 0 Å². The average molecular weight is 397 g/mol. The molecule has 0 spiro atoms. The highest BCUT2D eigenvalue weighted by Gasteiger charge is 2.21. The number of methoxy groups -OCH3 is 1. The van der Waals surface area contributed by atoms with Crippen molar-refractivity contribution in [3.05, 3.63) is 29.7 Å². The molecule has 0 atom stereocenters. The van der Waals surface area contributed by atoms with Crippen molar-refractivity contribution in [3.63, 3.8) is 0 Å². The number of halogens is 1. The van der Waals surface area contributed by atoms with Crippen LogP contribution in [-0.4, -0.2) is 59.1 Å². The van der Waals surface area contributed by atoms with Crippen LogP contribution in [0.1, 0.15) is 34.9 Å². The van der Waals surface area contributed by atoms with Gasteiger partial charge in [0.1, 0.15) is 6.61 Å². The molecule has 0 unspecified atom stereocenters. The monoisotopic (exact) mass is 396 g/mol. The molecule has 0 aliphatic carbocycles. The van der Waals surface area contributed by atoms with E-state index < -0.39 is 0 Å². The third-order valence-corrected chi connectivity index (χ3v) is 4.24. The Morgan fingerprint density at radius 2 is 2.15 bits per heavy atom. The molecule has 1 saturated heterocycles. The first kappa shape index (κ1) is 21.1. The number of hydrogen-bond donors (Lipinski definition) is 2. The summed E-state index contributed by atoms with van der Waals surface area (Å²) in [6.07, 6.45) is 3.54. The Kier molecular flexibility index (Phi) is 7.96. The van der Waals surface area contributed by atoms with Gasteiger partial charge in [-0.05, 0) is 32.0 Å². The lowest BCUT2D eigenvalue weighted by atomic mass is 9.98. The van der Waals surface area contributed by atoms with Crippen molar-refractivity contribution in [2.75, 3.05) is 38.7 Å². The number of ether oxygens (including phenoxy) is 2. The van der Waals surface area contributed by atoms with Crippen LogP contribution in [0.15, 0.2) is 18.3 Å². The summed E-state index contributed by atoms with van der Waals surface area (Å²) in [5.41, 5.74) is 0.443. The highest BCUT2D eigenvalue weighted by atomic mass is 35.5. The average Bonchev–Trinajstić information content (AvgIpc) is 3.03. The molecule has 0 aromatic carbocycles. The van der Waals surface area contributed by atoms with Gasteiger partial charge in [-0.25, -0.2) is 9.67 Å². The van der Waals surface area contributed by atoms with Crippen LogP contribution in [0.5, 0.6) is 5.88 Å². The summed E-state index contributed by atoms with van der Waals surface area (Å²) >= 11 is 0. The van der Waals surface area contributed by atoms with Gasteiger partial charge in [0.25, 0.3) is 5.91 Å². The van der Waals surface area contributed by atoms with Gasteiger partial charge in [0.15, 0.2) is 5.82 Å². The number of nitrogens with zero attached hydrogens (tertiary/aromatic N) is 4. The van der Waals surface area contributed by atoms with Gasteiger partial charge in [-0.2, -0.15) is 10.1 Å². The molecular weight excluding hydrogens is 372 g/mol. The zero-order valence-electron chi connectivity index (χ0n) is 15.5. The van der Waals surface area contributed by atoms with Crippen molar-refractivity contribution in [3.8, 4) is 5.88 Å². The molecule has 148 valence electrons. The maximum absolute atomic E-state index is 12.5. The number of anilines is 1. The van der Waals surface area contributed by atoms with Crippen LogP contribution in [0.4, 0.5) is 5.95 Å². The number of nitrogens with one attached hydrogen (secondary N) is 2. The van der Waals surface area contributed by atoms with Crippen LogP contribution in [0, 0.1) is 0 Å². The predicted molar refractivity (Wildman–Crippen MR) is 103 cm³/mol. The topological polar surface area (TPSA) is 103 Å². The fraction of sp³-hybridized carbons (Fsp3) is 0.529. The number of aryl methyl sites for hydroxylation is 1. The first-order valence-corrected chi connectivity index (χ1v) is 8.68. The maximum Gasteiger partial charge on any atom is 0.258 e. The minimum absolute atomic E-state index is 0. The number of amides is 1. The Bertz CT molecular complexity index is 748. The second-order valence-corrected chi connectivity index (χ2v) is 6.12. The van der Waals surface area contributed by atoms with E-state index in [4.69, 9.17) is 9.47 Å². The highest BCUT2D eigenvalue weighted by molar-refractivity contribution is 6.03. The number of carbonyl (C=O) groups excluding carboxylic acids is 1. The summed E-state index contributed by atoms with van der Waals surface area (Å²) in [4.78, 5) is 21.1. The van der Waals surface area contributed by atoms with Crippen LogP contribution in [0.25, 0.3) is 0 Å². The predicted octanol–water partition coefficient (Wildman–Crippen LogP) is 1.38. The molecule has 3 heterocycles. The molecule has 10 heteroatoms. The molecule has 1 aliphatic heterocycles. The van der Waals surface area contributed by atoms with Crippen LogP contribution in [0.3, 0.4) is 0 Å². The highest BCUT2D eigenvalue weighted by Crippen LogP contribution is 2.23. The zero-order valence-corrected chi connectivity index (χ0v) is 16.3. The van der Waals surface area contributed by atoms with Gasteiger partial charge in [-0.1, -0.05) is 0 Å². The molecular formula is C17H25ClN6O3. The normalized spacial score (nSPS) is 14.4. The van der Waals surface area contributed by atoms with Gasteiger partial charge in [0.05, 0.1) is 6.61 Å². The molecule has 2 aromatic rings. The summed E-state index contributed by atoms with van der Waals surface area (Å²) in [5, 5.41) is 10.6. The lowest BCUT2D eigenvalue weighted by molar-refractivity contribution is 0.102. The van der Waals surface area contributed by atoms with E-state index in [0.29, 0.717) is 36.5 Å². The van der Waals surface area contributed by atoms with Crippen molar-refractivity contribution in [1.82, 2.24) is 25.1 Å². The Balaban J connectivity index is 0.00000261. The molecule has 27 heavy (non-hydrogen) atoms. The molecule has 2 N–H and O–H groups in total. The molecule has 1 amide bonds. The molecule has 0 bridgehead atoms. The summed E-state index contributed by atoms with van der Waals surface area (Å²) in [7, 11) is 3.37. The first-order valence-electron chi connectivity index (χ1n) is 8.68. The second kappa shape index (κ2) is 10.2. The lowest BCUT2D eigenvalue weighted by Crippen LogP contribution is -2.27. The molecule has 1 aliphatic rings. The molecule has 1 fully saturated rings. The van der Waals surface area contributed by atoms with Crippen LogP contribution in [-0.2, 0) is 11.8 Å². The second-order valence-electron chi connectivity index (χ2n) is 6.12. The van der Waals surface area contributed by atoms with Crippen LogP contribution >= 0.6 is 12.4 Å². The fourth-order valence-electron chi connectivity index (χ4n) is 2.80. The summed E-state index contributed by atoms with van der Waals surface area (Å²) in [5.74, 6) is 1.64. The zero-order chi connectivity index (χ0) is 18.4.